The van der Waals surface area contributed by atoms with Crippen LogP contribution in [0, 0.1) is 0 Å². The maximum absolute atomic E-state index is 3.59. The van der Waals surface area contributed by atoms with Crippen LogP contribution in [0.1, 0.15) is 65.0 Å². The lowest BCUT2D eigenvalue weighted by Crippen LogP contribution is -2.33. The van der Waals surface area contributed by atoms with Gasteiger partial charge in [0.05, 0.1) is 0 Å². The normalized spacial score (nSPS) is 13.5. The lowest BCUT2D eigenvalue weighted by atomic mass is 9.79. The molecular formula is C18H31N. The lowest BCUT2D eigenvalue weighted by molar-refractivity contribution is 0.389. The van der Waals surface area contributed by atoms with Crippen molar-refractivity contribution in [3.8, 4) is 0 Å². The lowest BCUT2D eigenvalue weighted by Gasteiger charge is -2.29. The number of benzene rings is 1. The molecule has 0 amide bonds. The molecule has 1 rings (SSSR count). The molecule has 0 bridgehead atoms. The number of aryl methyl sites for hydroxylation is 1. The topological polar surface area (TPSA) is 12.0 Å². The van der Waals surface area contributed by atoms with Crippen molar-refractivity contribution >= 4 is 0 Å². The van der Waals surface area contributed by atoms with Crippen LogP contribution in [0.5, 0.6) is 0 Å². The zero-order valence-electron chi connectivity index (χ0n) is 13.4. The molecule has 1 nitrogen and oxygen atoms in total. The third-order valence-electron chi connectivity index (χ3n) is 3.83. The summed E-state index contributed by atoms with van der Waals surface area (Å²) in [7, 11) is 0. The van der Waals surface area contributed by atoms with Gasteiger partial charge in [0.1, 0.15) is 0 Å². The van der Waals surface area contributed by atoms with Crippen molar-refractivity contribution in [3.63, 3.8) is 0 Å². The minimum atomic E-state index is 0.241. The molecule has 1 atom stereocenters. The predicted octanol–water partition coefficient (Wildman–Crippen LogP) is 4.69. The molecule has 1 aromatic rings. The monoisotopic (exact) mass is 261 g/mol. The minimum absolute atomic E-state index is 0.241. The van der Waals surface area contributed by atoms with Crippen LogP contribution in [0.25, 0.3) is 0 Å². The zero-order valence-corrected chi connectivity index (χ0v) is 13.4. The first kappa shape index (κ1) is 16.2. The summed E-state index contributed by atoms with van der Waals surface area (Å²) in [5.74, 6) is 0. The summed E-state index contributed by atoms with van der Waals surface area (Å²) < 4.78 is 0. The van der Waals surface area contributed by atoms with E-state index >= 15 is 0 Å². The Balaban J connectivity index is 2.65. The molecule has 0 aromatic heterocycles. The number of nitrogens with one attached hydrogen (secondary N) is 1. The molecule has 0 aliphatic heterocycles. The van der Waals surface area contributed by atoms with E-state index in [-0.39, 0.29) is 5.41 Å². The number of hydrogen-bond acceptors (Lipinski definition) is 1. The fourth-order valence-corrected chi connectivity index (χ4v) is 2.76. The molecular weight excluding hydrogens is 230 g/mol. The van der Waals surface area contributed by atoms with Gasteiger partial charge in [0.25, 0.3) is 0 Å². The Kier molecular flexibility index (Phi) is 6.57. The first-order valence-corrected chi connectivity index (χ1v) is 7.82. The number of rotatable bonds is 8. The highest BCUT2D eigenvalue weighted by molar-refractivity contribution is 5.28. The first-order chi connectivity index (χ1) is 8.99. The summed E-state index contributed by atoms with van der Waals surface area (Å²) >= 11 is 0. The summed E-state index contributed by atoms with van der Waals surface area (Å²) in [6.45, 7) is 12.6. The van der Waals surface area contributed by atoms with Gasteiger partial charge in [0.15, 0.2) is 0 Å². The molecule has 1 unspecified atom stereocenters. The van der Waals surface area contributed by atoms with E-state index in [2.05, 4.69) is 64.2 Å². The summed E-state index contributed by atoms with van der Waals surface area (Å²) in [6, 6.07) is 9.80. The van der Waals surface area contributed by atoms with Crippen molar-refractivity contribution in [1.29, 1.82) is 0 Å². The molecule has 0 heterocycles. The van der Waals surface area contributed by atoms with Crippen molar-refractivity contribution in [2.24, 2.45) is 0 Å². The SMILES string of the molecule is CCCNC(C)CC(C)(C)c1ccc(CCC)cc1. The van der Waals surface area contributed by atoms with Gasteiger partial charge in [0, 0.05) is 6.04 Å². The van der Waals surface area contributed by atoms with Gasteiger partial charge in [-0.05, 0) is 49.3 Å². The van der Waals surface area contributed by atoms with E-state index < -0.39 is 0 Å². The molecule has 1 aromatic carbocycles. The Morgan fingerprint density at radius 2 is 1.68 bits per heavy atom. The summed E-state index contributed by atoms with van der Waals surface area (Å²) in [6.07, 6.45) is 4.80. The molecule has 1 N–H and O–H groups in total. The van der Waals surface area contributed by atoms with Crippen LogP contribution in [-0.4, -0.2) is 12.6 Å². The fraction of sp³-hybridized carbons (Fsp3) is 0.667. The molecule has 0 saturated carbocycles. The largest absolute Gasteiger partial charge is 0.314 e. The van der Waals surface area contributed by atoms with Gasteiger partial charge >= 0.3 is 0 Å². The van der Waals surface area contributed by atoms with Gasteiger partial charge in [0.2, 0.25) is 0 Å². The highest BCUT2D eigenvalue weighted by atomic mass is 14.9. The van der Waals surface area contributed by atoms with Crippen molar-refractivity contribution in [1.82, 2.24) is 5.32 Å². The quantitative estimate of drug-likeness (QED) is 0.715. The van der Waals surface area contributed by atoms with E-state index in [4.69, 9.17) is 0 Å². The van der Waals surface area contributed by atoms with E-state index in [9.17, 15) is 0 Å². The minimum Gasteiger partial charge on any atom is -0.314 e. The van der Waals surface area contributed by atoms with E-state index in [1.165, 1.54) is 36.8 Å². The fourth-order valence-electron chi connectivity index (χ4n) is 2.76. The van der Waals surface area contributed by atoms with Gasteiger partial charge in [-0.2, -0.15) is 0 Å². The molecule has 0 aliphatic carbocycles. The molecule has 0 radical (unpaired) electrons. The van der Waals surface area contributed by atoms with Crippen LogP contribution >= 0.6 is 0 Å². The smallest absolute Gasteiger partial charge is 0.00470 e. The molecule has 0 spiro atoms. The Morgan fingerprint density at radius 3 is 2.21 bits per heavy atom. The van der Waals surface area contributed by atoms with Crippen LogP contribution in [-0.2, 0) is 11.8 Å². The summed E-state index contributed by atoms with van der Waals surface area (Å²) in [5.41, 5.74) is 3.15. The molecule has 108 valence electrons. The second-order valence-corrected chi connectivity index (χ2v) is 6.39. The summed E-state index contributed by atoms with van der Waals surface area (Å²) in [4.78, 5) is 0. The van der Waals surface area contributed by atoms with E-state index in [1.54, 1.807) is 0 Å². The average molecular weight is 261 g/mol. The second-order valence-electron chi connectivity index (χ2n) is 6.39. The van der Waals surface area contributed by atoms with Crippen LogP contribution in [0.15, 0.2) is 24.3 Å². The van der Waals surface area contributed by atoms with Crippen LogP contribution in [0.3, 0.4) is 0 Å². The highest BCUT2D eigenvalue weighted by Crippen LogP contribution is 2.28. The highest BCUT2D eigenvalue weighted by Gasteiger charge is 2.22. The van der Waals surface area contributed by atoms with Gasteiger partial charge in [-0.1, -0.05) is 58.4 Å². The third-order valence-corrected chi connectivity index (χ3v) is 3.83. The third kappa shape index (κ3) is 5.36. The number of hydrogen-bond donors (Lipinski definition) is 1. The van der Waals surface area contributed by atoms with E-state index in [1.807, 2.05) is 0 Å². The average Bonchev–Trinajstić information content (AvgIpc) is 2.37. The van der Waals surface area contributed by atoms with Crippen LogP contribution in [0.2, 0.25) is 0 Å². The molecule has 0 aliphatic rings. The van der Waals surface area contributed by atoms with Crippen LogP contribution in [0.4, 0.5) is 0 Å². The Bertz CT molecular complexity index is 350. The van der Waals surface area contributed by atoms with Gasteiger partial charge in [-0.25, -0.2) is 0 Å². The van der Waals surface area contributed by atoms with Gasteiger partial charge < -0.3 is 5.32 Å². The Labute approximate surface area is 119 Å². The van der Waals surface area contributed by atoms with Crippen LogP contribution < -0.4 is 5.32 Å². The molecule has 0 fully saturated rings. The first-order valence-electron chi connectivity index (χ1n) is 7.82. The van der Waals surface area contributed by atoms with E-state index in [0.29, 0.717) is 6.04 Å². The maximum Gasteiger partial charge on any atom is 0.00470 e. The summed E-state index contributed by atoms with van der Waals surface area (Å²) in [5, 5.41) is 3.59. The van der Waals surface area contributed by atoms with Crippen molar-refractivity contribution < 1.29 is 0 Å². The molecule has 0 saturated heterocycles. The standard InChI is InChI=1S/C18H31N/c1-6-8-16-9-11-17(12-10-16)18(4,5)14-15(3)19-13-7-2/h9-12,15,19H,6-8,13-14H2,1-5H3. The van der Waals surface area contributed by atoms with Crippen molar-refractivity contribution in [3.05, 3.63) is 35.4 Å². The second kappa shape index (κ2) is 7.69. The van der Waals surface area contributed by atoms with Gasteiger partial charge in [-0.15, -0.1) is 0 Å². The molecule has 19 heavy (non-hydrogen) atoms. The maximum atomic E-state index is 3.59. The van der Waals surface area contributed by atoms with Crippen molar-refractivity contribution in [2.45, 2.75) is 71.8 Å². The Hall–Kier alpha value is -0.820. The molecule has 1 heteroatoms. The predicted molar refractivity (Wildman–Crippen MR) is 85.8 cm³/mol. The van der Waals surface area contributed by atoms with E-state index in [0.717, 1.165) is 6.54 Å². The zero-order chi connectivity index (χ0) is 14.3. The van der Waals surface area contributed by atoms with Gasteiger partial charge in [-0.3, -0.25) is 0 Å². The van der Waals surface area contributed by atoms with Crippen molar-refractivity contribution in [2.75, 3.05) is 6.54 Å². The Morgan fingerprint density at radius 1 is 1.05 bits per heavy atom.